The fourth-order valence-corrected chi connectivity index (χ4v) is 4.10. The zero-order chi connectivity index (χ0) is 26.6. The Morgan fingerprint density at radius 1 is 1.09 bits per heavy atom. The van der Waals surface area contributed by atoms with E-state index < -0.39 is 40.8 Å². The van der Waals surface area contributed by atoms with E-state index in [4.69, 9.17) is 5.73 Å². The molecule has 1 aromatic rings. The first kappa shape index (κ1) is 29.4. The lowest BCUT2D eigenvalue weighted by Gasteiger charge is -2.39. The summed E-state index contributed by atoms with van der Waals surface area (Å²) in [5, 5.41) is 12.2. The van der Waals surface area contributed by atoms with Crippen LogP contribution in [-0.2, 0) is 19.8 Å². The van der Waals surface area contributed by atoms with Crippen LogP contribution in [0.1, 0.15) is 66.5 Å². The highest BCUT2D eigenvalue weighted by molar-refractivity contribution is 5.91. The summed E-state index contributed by atoms with van der Waals surface area (Å²) >= 11 is 0. The molecular formula is C27H43N3O4. The zero-order valence-corrected chi connectivity index (χ0v) is 22.4. The summed E-state index contributed by atoms with van der Waals surface area (Å²) in [5.74, 6) is -1.76. The smallest absolute Gasteiger partial charge is 0.331 e. The lowest BCUT2D eigenvalue weighted by molar-refractivity contribution is -0.140. The molecule has 0 saturated heterocycles. The number of carbonyl (C=O) groups excluding carboxylic acids is 2. The lowest BCUT2D eigenvalue weighted by Crippen LogP contribution is -2.61. The predicted molar refractivity (Wildman–Crippen MR) is 136 cm³/mol. The Balaban J connectivity index is 3.26. The minimum atomic E-state index is -1.03. The van der Waals surface area contributed by atoms with Crippen molar-refractivity contribution in [2.24, 2.45) is 17.1 Å². The minimum absolute atomic E-state index is 0.0261. The highest BCUT2D eigenvalue weighted by atomic mass is 16.4. The maximum atomic E-state index is 13.6. The number of nitrogens with one attached hydrogen (secondary N) is 1. The van der Waals surface area contributed by atoms with Gasteiger partial charge in [-0.3, -0.25) is 9.59 Å². The van der Waals surface area contributed by atoms with Crippen LogP contribution in [0.3, 0.4) is 0 Å². The second kappa shape index (κ2) is 11.2. The number of carbonyl (C=O) groups is 3. The van der Waals surface area contributed by atoms with E-state index >= 15 is 0 Å². The van der Waals surface area contributed by atoms with Crippen LogP contribution in [0.4, 0.5) is 0 Å². The largest absolute Gasteiger partial charge is 0.478 e. The molecule has 0 bridgehead atoms. The van der Waals surface area contributed by atoms with Crippen molar-refractivity contribution in [3.63, 3.8) is 0 Å². The van der Waals surface area contributed by atoms with Gasteiger partial charge in [0, 0.05) is 18.0 Å². The summed E-state index contributed by atoms with van der Waals surface area (Å²) in [6.45, 7) is 16.8. The van der Waals surface area contributed by atoms with Crippen LogP contribution >= 0.6 is 0 Å². The van der Waals surface area contributed by atoms with E-state index in [-0.39, 0.29) is 17.4 Å². The van der Waals surface area contributed by atoms with Crippen LogP contribution in [0.5, 0.6) is 0 Å². The first-order valence-electron chi connectivity index (χ1n) is 11.7. The zero-order valence-electron chi connectivity index (χ0n) is 22.4. The molecule has 0 saturated carbocycles. The molecule has 0 radical (unpaired) electrons. The summed E-state index contributed by atoms with van der Waals surface area (Å²) < 4.78 is 0. The summed E-state index contributed by atoms with van der Waals surface area (Å²) in [7, 11) is 1.64. The van der Waals surface area contributed by atoms with Gasteiger partial charge >= 0.3 is 5.97 Å². The van der Waals surface area contributed by atoms with Crippen LogP contribution in [-0.4, -0.2) is 53.0 Å². The SMILES string of the molecule is C/C(=C\[C@H](C(C)C)N(C)C(=O)[C@@H](NC(=O)[C@@H](N)C(C)(C)c1ccccc1C)C(C)(C)C)C(=O)O. The van der Waals surface area contributed by atoms with Gasteiger partial charge in [0.15, 0.2) is 0 Å². The maximum Gasteiger partial charge on any atom is 0.331 e. The van der Waals surface area contributed by atoms with Crippen molar-refractivity contribution in [2.45, 2.75) is 85.9 Å². The van der Waals surface area contributed by atoms with Gasteiger partial charge in [0.2, 0.25) is 11.8 Å². The number of carboxylic acid groups (broad SMARTS) is 1. The van der Waals surface area contributed by atoms with Crippen molar-refractivity contribution in [2.75, 3.05) is 7.05 Å². The molecule has 0 aliphatic rings. The first-order valence-corrected chi connectivity index (χ1v) is 11.7. The molecule has 2 amide bonds. The average molecular weight is 474 g/mol. The Morgan fingerprint density at radius 3 is 2.06 bits per heavy atom. The van der Waals surface area contributed by atoms with Crippen LogP contribution in [0.25, 0.3) is 0 Å². The molecule has 0 aliphatic heterocycles. The van der Waals surface area contributed by atoms with Crippen molar-refractivity contribution >= 4 is 17.8 Å². The van der Waals surface area contributed by atoms with Gasteiger partial charge in [0.1, 0.15) is 6.04 Å². The fraction of sp³-hybridized carbons (Fsp3) is 0.593. The normalized spacial score (nSPS) is 15.5. The van der Waals surface area contributed by atoms with E-state index in [1.165, 1.54) is 11.8 Å². The van der Waals surface area contributed by atoms with E-state index in [0.717, 1.165) is 11.1 Å². The molecule has 0 aliphatic carbocycles. The van der Waals surface area contributed by atoms with Gasteiger partial charge in [-0.1, -0.05) is 78.8 Å². The number of aryl methyl sites for hydroxylation is 1. The third kappa shape index (κ3) is 6.92. The van der Waals surface area contributed by atoms with E-state index in [2.05, 4.69) is 5.32 Å². The molecule has 0 aromatic heterocycles. The Kier molecular flexibility index (Phi) is 9.65. The number of carboxylic acids is 1. The molecule has 34 heavy (non-hydrogen) atoms. The molecule has 0 heterocycles. The molecule has 7 nitrogen and oxygen atoms in total. The number of amides is 2. The molecule has 0 spiro atoms. The second-order valence-corrected chi connectivity index (χ2v) is 11.2. The van der Waals surface area contributed by atoms with Crippen LogP contribution in [0.15, 0.2) is 35.9 Å². The first-order chi connectivity index (χ1) is 15.4. The summed E-state index contributed by atoms with van der Waals surface area (Å²) in [6, 6.07) is 5.64. The lowest BCUT2D eigenvalue weighted by atomic mass is 9.75. The third-order valence-electron chi connectivity index (χ3n) is 6.53. The number of nitrogens with zero attached hydrogens (tertiary/aromatic N) is 1. The number of hydrogen-bond acceptors (Lipinski definition) is 4. The molecular weight excluding hydrogens is 430 g/mol. The van der Waals surface area contributed by atoms with E-state index in [0.29, 0.717) is 0 Å². The number of likely N-dealkylation sites (N-methyl/N-ethyl adjacent to an activating group) is 1. The summed E-state index contributed by atoms with van der Waals surface area (Å²) in [6.07, 6.45) is 1.58. The van der Waals surface area contributed by atoms with E-state index in [9.17, 15) is 19.5 Å². The van der Waals surface area contributed by atoms with Gasteiger partial charge in [-0.2, -0.15) is 0 Å². The Hall–Kier alpha value is -2.67. The van der Waals surface area contributed by atoms with Crippen LogP contribution in [0.2, 0.25) is 0 Å². The highest BCUT2D eigenvalue weighted by Crippen LogP contribution is 2.30. The van der Waals surface area contributed by atoms with E-state index in [1.54, 1.807) is 13.1 Å². The van der Waals surface area contributed by atoms with Crippen molar-refractivity contribution < 1.29 is 19.5 Å². The third-order valence-corrected chi connectivity index (χ3v) is 6.53. The molecule has 0 unspecified atom stereocenters. The molecule has 0 fully saturated rings. The van der Waals surface area contributed by atoms with Crippen molar-refractivity contribution in [1.29, 1.82) is 0 Å². The van der Waals surface area contributed by atoms with Gasteiger partial charge in [0.05, 0.1) is 12.1 Å². The fourth-order valence-electron chi connectivity index (χ4n) is 4.10. The number of nitrogens with two attached hydrogens (primary N) is 1. The van der Waals surface area contributed by atoms with Crippen molar-refractivity contribution in [3.8, 4) is 0 Å². The second-order valence-electron chi connectivity index (χ2n) is 11.2. The van der Waals surface area contributed by atoms with Gasteiger partial charge in [-0.15, -0.1) is 0 Å². The predicted octanol–water partition coefficient (Wildman–Crippen LogP) is 3.64. The van der Waals surface area contributed by atoms with E-state index in [1.807, 2.05) is 79.7 Å². The van der Waals surface area contributed by atoms with Crippen LogP contribution < -0.4 is 11.1 Å². The number of hydrogen-bond donors (Lipinski definition) is 3. The Labute approximate surface area is 204 Å². The molecule has 3 atom stereocenters. The quantitative estimate of drug-likeness (QED) is 0.474. The standard InChI is InChI=1S/C27H43N3O4/c1-16(2)20(15-18(4)25(33)34)30(10)24(32)22(26(5,6)7)29-23(31)21(28)27(8,9)19-14-12-11-13-17(19)3/h11-16,20-22H,28H2,1-10H3,(H,29,31)(H,33,34)/b18-15+/t20-,21-,22-/m1/s1. The van der Waals surface area contributed by atoms with Crippen LogP contribution in [0, 0.1) is 18.3 Å². The van der Waals surface area contributed by atoms with Gasteiger partial charge in [-0.05, 0) is 36.3 Å². The van der Waals surface area contributed by atoms with Gasteiger partial charge < -0.3 is 21.1 Å². The Morgan fingerprint density at radius 2 is 1.62 bits per heavy atom. The number of rotatable bonds is 9. The van der Waals surface area contributed by atoms with Gasteiger partial charge in [-0.25, -0.2) is 4.79 Å². The molecule has 1 aromatic carbocycles. The monoisotopic (exact) mass is 473 g/mol. The Bertz CT molecular complexity index is 928. The maximum absolute atomic E-state index is 13.6. The number of aliphatic carboxylic acids is 1. The average Bonchev–Trinajstić information content (AvgIpc) is 2.72. The summed E-state index contributed by atoms with van der Waals surface area (Å²) in [5.41, 5.74) is 7.38. The van der Waals surface area contributed by atoms with Crippen molar-refractivity contribution in [3.05, 3.63) is 47.0 Å². The number of benzene rings is 1. The van der Waals surface area contributed by atoms with Crippen molar-refractivity contribution in [1.82, 2.24) is 10.2 Å². The molecule has 1 rings (SSSR count). The topological polar surface area (TPSA) is 113 Å². The molecule has 7 heteroatoms. The molecule has 190 valence electrons. The summed E-state index contributed by atoms with van der Waals surface area (Å²) in [4.78, 5) is 39.8. The minimum Gasteiger partial charge on any atom is -0.478 e. The molecule has 4 N–H and O–H groups in total. The highest BCUT2D eigenvalue weighted by Gasteiger charge is 2.41. The van der Waals surface area contributed by atoms with Gasteiger partial charge in [0.25, 0.3) is 0 Å².